The summed E-state index contributed by atoms with van der Waals surface area (Å²) in [5.41, 5.74) is 0. The highest BCUT2D eigenvalue weighted by Crippen LogP contribution is 2.23. The molecule has 2 N–H and O–H groups in total. The zero-order valence-corrected chi connectivity index (χ0v) is 10.7. The number of nitrogens with one attached hydrogen (secondary N) is 1. The van der Waals surface area contributed by atoms with E-state index in [9.17, 15) is 14.9 Å². The number of nitro groups is 1. The first kappa shape index (κ1) is 14.6. The lowest BCUT2D eigenvalue weighted by Gasteiger charge is -2.02. The van der Waals surface area contributed by atoms with Crippen LogP contribution in [0.3, 0.4) is 0 Å². The second-order valence-corrected chi connectivity index (χ2v) is 4.85. The van der Waals surface area contributed by atoms with Crippen LogP contribution in [0, 0.1) is 10.1 Å². The Morgan fingerprint density at radius 3 is 2.67 bits per heavy atom. The first-order valence-electron chi connectivity index (χ1n) is 5.78. The molecule has 1 aromatic heterocycles. The first-order valence-corrected chi connectivity index (χ1v) is 6.60. The second kappa shape index (κ2) is 7.78. The molecule has 0 fully saturated rings. The maximum atomic E-state index is 11.6. The lowest BCUT2D eigenvalue weighted by molar-refractivity contribution is -0.380. The fourth-order valence-corrected chi connectivity index (χ4v) is 2.16. The molecule has 0 bridgehead atoms. The normalized spacial score (nSPS) is 10.3. The van der Waals surface area contributed by atoms with Crippen molar-refractivity contribution in [3.05, 3.63) is 27.1 Å². The summed E-state index contributed by atoms with van der Waals surface area (Å²) in [5.74, 6) is -0.268. The summed E-state index contributed by atoms with van der Waals surface area (Å²) in [6, 6.07) is 2.80. The lowest BCUT2D eigenvalue weighted by Crippen LogP contribution is -2.23. The molecule has 18 heavy (non-hydrogen) atoms. The van der Waals surface area contributed by atoms with Crippen molar-refractivity contribution in [2.24, 2.45) is 0 Å². The largest absolute Gasteiger partial charge is 0.396 e. The van der Waals surface area contributed by atoms with E-state index in [1.165, 1.54) is 12.1 Å². The highest BCUT2D eigenvalue weighted by molar-refractivity contribution is 7.17. The van der Waals surface area contributed by atoms with Gasteiger partial charge in [0, 0.05) is 19.2 Å². The molecule has 1 heterocycles. The number of hydrogen-bond donors (Lipinski definition) is 2. The van der Waals surface area contributed by atoms with Crippen molar-refractivity contribution in [1.82, 2.24) is 5.32 Å². The van der Waals surface area contributed by atoms with E-state index in [1.54, 1.807) is 0 Å². The number of hydrogen-bond acceptors (Lipinski definition) is 5. The summed E-state index contributed by atoms with van der Waals surface area (Å²) in [4.78, 5) is 21.9. The maximum absolute atomic E-state index is 11.6. The van der Waals surface area contributed by atoms with Gasteiger partial charge >= 0.3 is 5.00 Å². The number of carbonyl (C=O) groups is 1. The number of nitrogens with zero attached hydrogens (tertiary/aromatic N) is 1. The Morgan fingerprint density at radius 2 is 2.06 bits per heavy atom. The molecule has 1 rings (SSSR count). The van der Waals surface area contributed by atoms with Crippen molar-refractivity contribution < 1.29 is 14.8 Å². The number of amides is 1. The minimum Gasteiger partial charge on any atom is -0.396 e. The van der Waals surface area contributed by atoms with E-state index in [4.69, 9.17) is 5.11 Å². The predicted octanol–water partition coefficient (Wildman–Crippen LogP) is 1.94. The molecule has 0 unspecified atom stereocenters. The van der Waals surface area contributed by atoms with Crippen LogP contribution >= 0.6 is 11.3 Å². The molecule has 0 aromatic carbocycles. The van der Waals surface area contributed by atoms with Crippen molar-refractivity contribution in [2.45, 2.75) is 25.7 Å². The highest BCUT2D eigenvalue weighted by Gasteiger charge is 2.14. The molecule has 0 aliphatic heterocycles. The molecule has 0 radical (unpaired) electrons. The quantitative estimate of drug-likeness (QED) is 0.429. The molecule has 6 nitrogen and oxygen atoms in total. The minimum atomic E-state index is -0.504. The van der Waals surface area contributed by atoms with Gasteiger partial charge in [0.15, 0.2) is 0 Å². The molecular formula is C11H16N2O4S. The van der Waals surface area contributed by atoms with Crippen molar-refractivity contribution in [3.8, 4) is 0 Å². The SMILES string of the molecule is O=C(NCCCCCCO)c1ccc([N+](=O)[O-])s1. The Balaban J connectivity index is 2.25. The van der Waals surface area contributed by atoms with Crippen LogP contribution in [-0.4, -0.2) is 29.1 Å². The fourth-order valence-electron chi connectivity index (χ4n) is 1.43. The molecule has 1 amide bonds. The van der Waals surface area contributed by atoms with Crippen LogP contribution in [-0.2, 0) is 0 Å². The van der Waals surface area contributed by atoms with Gasteiger partial charge in [-0.15, -0.1) is 0 Å². The predicted molar refractivity (Wildman–Crippen MR) is 68.9 cm³/mol. The lowest BCUT2D eigenvalue weighted by atomic mass is 10.2. The van der Waals surface area contributed by atoms with Gasteiger partial charge in [-0.1, -0.05) is 24.2 Å². The number of unbranched alkanes of at least 4 members (excludes halogenated alkanes) is 3. The fraction of sp³-hybridized carbons (Fsp3) is 0.545. The first-order chi connectivity index (χ1) is 8.65. The van der Waals surface area contributed by atoms with Crippen LogP contribution in [0.5, 0.6) is 0 Å². The Hall–Kier alpha value is -1.47. The van der Waals surface area contributed by atoms with Crippen LogP contribution in [0.4, 0.5) is 5.00 Å². The molecular weight excluding hydrogens is 256 g/mol. The zero-order valence-electron chi connectivity index (χ0n) is 9.92. The Morgan fingerprint density at radius 1 is 1.33 bits per heavy atom. The van der Waals surface area contributed by atoms with Gasteiger partial charge in [0.2, 0.25) is 0 Å². The Labute approximate surface area is 109 Å². The summed E-state index contributed by atoms with van der Waals surface area (Å²) in [6.07, 6.45) is 3.52. The molecule has 0 atom stereocenters. The molecule has 0 saturated carbocycles. The third kappa shape index (κ3) is 4.80. The number of thiophene rings is 1. The molecule has 0 spiro atoms. The Kier molecular flexibility index (Phi) is 6.31. The van der Waals surface area contributed by atoms with Gasteiger partial charge in [0.05, 0.1) is 9.80 Å². The summed E-state index contributed by atoms with van der Waals surface area (Å²) in [6.45, 7) is 0.751. The van der Waals surface area contributed by atoms with Crippen LogP contribution in [0.25, 0.3) is 0 Å². The van der Waals surface area contributed by atoms with Crippen LogP contribution in [0.2, 0.25) is 0 Å². The average Bonchev–Trinajstić information content (AvgIpc) is 2.83. The standard InChI is InChI=1S/C11H16N2O4S/c14-8-4-2-1-3-7-12-11(15)9-5-6-10(18-9)13(16)17/h5-6,14H,1-4,7-8H2,(H,12,15). The van der Waals surface area contributed by atoms with Crippen LogP contribution < -0.4 is 5.32 Å². The third-order valence-corrected chi connectivity index (χ3v) is 3.40. The molecule has 7 heteroatoms. The zero-order chi connectivity index (χ0) is 13.4. The van der Waals surface area contributed by atoms with Crippen molar-refractivity contribution in [2.75, 3.05) is 13.2 Å². The van der Waals surface area contributed by atoms with E-state index in [2.05, 4.69) is 5.32 Å². The topological polar surface area (TPSA) is 92.5 Å². The number of aliphatic hydroxyl groups is 1. The smallest absolute Gasteiger partial charge is 0.324 e. The van der Waals surface area contributed by atoms with Crippen molar-refractivity contribution >= 4 is 22.2 Å². The van der Waals surface area contributed by atoms with Crippen molar-refractivity contribution in [1.29, 1.82) is 0 Å². The summed E-state index contributed by atoms with van der Waals surface area (Å²) < 4.78 is 0. The monoisotopic (exact) mass is 272 g/mol. The van der Waals surface area contributed by atoms with Crippen LogP contribution in [0.1, 0.15) is 35.4 Å². The highest BCUT2D eigenvalue weighted by atomic mass is 32.1. The molecule has 0 aliphatic rings. The molecule has 1 aromatic rings. The van der Waals surface area contributed by atoms with Gasteiger partial charge in [-0.05, 0) is 18.9 Å². The van der Waals surface area contributed by atoms with E-state index in [0.29, 0.717) is 11.4 Å². The number of rotatable bonds is 8. The maximum Gasteiger partial charge on any atom is 0.324 e. The van der Waals surface area contributed by atoms with Gasteiger partial charge < -0.3 is 10.4 Å². The van der Waals surface area contributed by atoms with E-state index in [0.717, 1.165) is 37.0 Å². The van der Waals surface area contributed by atoms with Crippen molar-refractivity contribution in [3.63, 3.8) is 0 Å². The molecule has 0 aliphatic carbocycles. The third-order valence-electron chi connectivity index (χ3n) is 2.37. The van der Waals surface area contributed by atoms with E-state index < -0.39 is 4.92 Å². The Bertz CT molecular complexity index is 406. The van der Waals surface area contributed by atoms with Gasteiger partial charge in [-0.25, -0.2) is 0 Å². The average molecular weight is 272 g/mol. The van der Waals surface area contributed by atoms with E-state index in [1.807, 2.05) is 0 Å². The summed E-state index contributed by atoms with van der Waals surface area (Å²) in [5, 5.41) is 21.7. The van der Waals surface area contributed by atoms with E-state index >= 15 is 0 Å². The number of carbonyl (C=O) groups excluding carboxylic acids is 1. The number of aliphatic hydroxyl groups excluding tert-OH is 1. The van der Waals surface area contributed by atoms with Gasteiger partial charge in [-0.3, -0.25) is 14.9 Å². The van der Waals surface area contributed by atoms with Gasteiger partial charge in [-0.2, -0.15) is 0 Å². The summed E-state index contributed by atoms with van der Waals surface area (Å²) in [7, 11) is 0. The van der Waals surface area contributed by atoms with Gasteiger partial charge in [0.1, 0.15) is 0 Å². The van der Waals surface area contributed by atoms with Crippen LogP contribution in [0.15, 0.2) is 12.1 Å². The molecule has 100 valence electrons. The molecule has 0 saturated heterocycles. The van der Waals surface area contributed by atoms with Gasteiger partial charge in [0.25, 0.3) is 5.91 Å². The minimum absolute atomic E-state index is 0.0249. The second-order valence-electron chi connectivity index (χ2n) is 3.79. The summed E-state index contributed by atoms with van der Waals surface area (Å²) >= 11 is 0.877. The van der Waals surface area contributed by atoms with E-state index in [-0.39, 0.29) is 17.5 Å².